The highest BCUT2D eigenvalue weighted by Gasteiger charge is 2.38. The number of pyridine rings is 1. The molecule has 1 atom stereocenters. The zero-order valence-corrected chi connectivity index (χ0v) is 12.1. The summed E-state index contributed by atoms with van der Waals surface area (Å²) < 4.78 is 1.93. The van der Waals surface area contributed by atoms with Crippen LogP contribution in [0.3, 0.4) is 0 Å². The minimum absolute atomic E-state index is 0.00517. The Hall–Kier alpha value is -2.08. The Morgan fingerprint density at radius 2 is 2.38 bits per heavy atom. The number of aromatic nitrogens is 2. The Labute approximate surface area is 123 Å². The van der Waals surface area contributed by atoms with E-state index in [2.05, 4.69) is 10.3 Å². The molecule has 1 aliphatic rings. The summed E-state index contributed by atoms with van der Waals surface area (Å²) in [4.78, 5) is 18.5. The summed E-state index contributed by atoms with van der Waals surface area (Å²) >= 11 is 0. The maximum atomic E-state index is 12.3. The monoisotopic (exact) mass is 288 g/mol. The average Bonchev–Trinajstić information content (AvgIpc) is 3.08. The van der Waals surface area contributed by atoms with Gasteiger partial charge in [0.1, 0.15) is 5.65 Å². The molecule has 2 amide bonds. The number of hydrogen-bond donors (Lipinski definition) is 2. The summed E-state index contributed by atoms with van der Waals surface area (Å²) in [6, 6.07) is 5.66. The van der Waals surface area contributed by atoms with Crippen LogP contribution in [-0.4, -0.2) is 44.1 Å². The van der Waals surface area contributed by atoms with Crippen molar-refractivity contribution in [1.82, 2.24) is 19.6 Å². The van der Waals surface area contributed by atoms with Gasteiger partial charge in [0, 0.05) is 18.9 Å². The number of carbonyl (C=O) groups is 1. The minimum atomic E-state index is -0.441. The summed E-state index contributed by atoms with van der Waals surface area (Å²) in [5.41, 5.74) is 1.24. The van der Waals surface area contributed by atoms with Crippen LogP contribution in [-0.2, 0) is 6.54 Å². The van der Waals surface area contributed by atoms with Crippen molar-refractivity contribution in [1.29, 1.82) is 0 Å². The maximum Gasteiger partial charge on any atom is 0.318 e. The summed E-state index contributed by atoms with van der Waals surface area (Å²) in [5, 5.41) is 12.4. The largest absolute Gasteiger partial charge is 0.394 e. The van der Waals surface area contributed by atoms with Crippen molar-refractivity contribution in [3.05, 3.63) is 36.3 Å². The summed E-state index contributed by atoms with van der Waals surface area (Å²) in [7, 11) is 0. The van der Waals surface area contributed by atoms with Gasteiger partial charge in [0.05, 0.1) is 24.4 Å². The van der Waals surface area contributed by atoms with Crippen LogP contribution in [0.15, 0.2) is 30.6 Å². The van der Waals surface area contributed by atoms with Gasteiger partial charge in [-0.3, -0.25) is 0 Å². The predicted octanol–water partition coefficient (Wildman–Crippen LogP) is 1.39. The van der Waals surface area contributed by atoms with E-state index in [9.17, 15) is 9.90 Å². The highest BCUT2D eigenvalue weighted by molar-refractivity contribution is 5.75. The Balaban J connectivity index is 1.65. The van der Waals surface area contributed by atoms with Crippen LogP contribution >= 0.6 is 0 Å². The molecule has 0 aliphatic carbocycles. The third-order valence-corrected chi connectivity index (χ3v) is 4.17. The molecule has 3 rings (SSSR count). The Bertz CT molecular complexity index is 621. The number of nitrogens with one attached hydrogen (secondary N) is 1. The van der Waals surface area contributed by atoms with Gasteiger partial charge in [-0.25, -0.2) is 9.78 Å². The third-order valence-electron chi connectivity index (χ3n) is 4.17. The molecule has 6 heteroatoms. The van der Waals surface area contributed by atoms with Gasteiger partial charge in [-0.05, 0) is 31.9 Å². The van der Waals surface area contributed by atoms with Crippen molar-refractivity contribution < 1.29 is 9.90 Å². The molecule has 0 bridgehead atoms. The Morgan fingerprint density at radius 3 is 3.14 bits per heavy atom. The highest BCUT2D eigenvalue weighted by atomic mass is 16.3. The first-order chi connectivity index (χ1) is 10.1. The van der Waals surface area contributed by atoms with Gasteiger partial charge in [0.25, 0.3) is 0 Å². The number of hydrogen-bond acceptors (Lipinski definition) is 3. The lowest BCUT2D eigenvalue weighted by Crippen LogP contribution is -2.51. The molecule has 0 radical (unpaired) electrons. The zero-order chi connectivity index (χ0) is 14.9. The molecule has 3 heterocycles. The van der Waals surface area contributed by atoms with E-state index < -0.39 is 5.54 Å². The number of likely N-dealkylation sites (tertiary alicyclic amines) is 1. The average molecular weight is 288 g/mol. The van der Waals surface area contributed by atoms with E-state index in [-0.39, 0.29) is 12.6 Å². The number of fused-ring (bicyclic) bond motifs is 1. The molecule has 1 unspecified atom stereocenters. The molecule has 1 fully saturated rings. The number of imidazole rings is 1. The lowest BCUT2D eigenvalue weighted by atomic mass is 10.0. The van der Waals surface area contributed by atoms with E-state index in [1.54, 1.807) is 4.90 Å². The number of nitrogens with zero attached hydrogens (tertiary/aromatic N) is 3. The van der Waals surface area contributed by atoms with E-state index >= 15 is 0 Å². The first kappa shape index (κ1) is 13.9. The molecule has 0 saturated carbocycles. The molecule has 2 aromatic rings. The molecular formula is C15H20N4O2. The van der Waals surface area contributed by atoms with E-state index in [4.69, 9.17) is 0 Å². The topological polar surface area (TPSA) is 69.9 Å². The number of rotatable bonds is 3. The van der Waals surface area contributed by atoms with E-state index in [0.29, 0.717) is 13.1 Å². The van der Waals surface area contributed by atoms with Gasteiger partial charge >= 0.3 is 6.03 Å². The standard InChI is InChI=1S/C15H20N4O2/c1-15(11-20)6-4-8-19(15)14(21)16-9-12-10-18-7-3-2-5-13(18)17-12/h2-3,5,7,10,20H,4,6,8-9,11H2,1H3,(H,16,21). The van der Waals surface area contributed by atoms with Gasteiger partial charge in [-0.1, -0.05) is 6.07 Å². The van der Waals surface area contributed by atoms with Crippen molar-refractivity contribution in [2.45, 2.75) is 31.8 Å². The van der Waals surface area contributed by atoms with Gasteiger partial charge in [-0.15, -0.1) is 0 Å². The van der Waals surface area contributed by atoms with Crippen LogP contribution in [0, 0.1) is 0 Å². The minimum Gasteiger partial charge on any atom is -0.394 e. The quantitative estimate of drug-likeness (QED) is 0.896. The van der Waals surface area contributed by atoms with E-state index in [1.807, 2.05) is 41.9 Å². The molecule has 6 nitrogen and oxygen atoms in total. The number of aliphatic hydroxyl groups excluding tert-OH is 1. The fraction of sp³-hybridized carbons (Fsp3) is 0.467. The molecule has 2 aromatic heterocycles. The summed E-state index contributed by atoms with van der Waals surface area (Å²) in [6.45, 7) is 2.99. The van der Waals surface area contributed by atoms with Crippen LogP contribution in [0.5, 0.6) is 0 Å². The first-order valence-electron chi connectivity index (χ1n) is 7.21. The van der Waals surface area contributed by atoms with Crippen molar-refractivity contribution in [3.63, 3.8) is 0 Å². The lowest BCUT2D eigenvalue weighted by molar-refractivity contribution is 0.0972. The molecule has 1 saturated heterocycles. The van der Waals surface area contributed by atoms with Crippen LogP contribution in [0.1, 0.15) is 25.5 Å². The van der Waals surface area contributed by atoms with Crippen molar-refractivity contribution in [3.8, 4) is 0 Å². The van der Waals surface area contributed by atoms with Crippen LogP contribution < -0.4 is 5.32 Å². The van der Waals surface area contributed by atoms with Gasteiger partial charge < -0.3 is 19.7 Å². The zero-order valence-electron chi connectivity index (χ0n) is 12.1. The SMILES string of the molecule is CC1(CO)CCCN1C(=O)NCc1cn2ccccc2n1. The van der Waals surface area contributed by atoms with Crippen molar-refractivity contribution >= 4 is 11.7 Å². The normalized spacial score (nSPS) is 21.9. The number of carbonyl (C=O) groups excluding carboxylic acids is 1. The number of aliphatic hydroxyl groups is 1. The van der Waals surface area contributed by atoms with Gasteiger partial charge in [-0.2, -0.15) is 0 Å². The van der Waals surface area contributed by atoms with E-state index in [1.165, 1.54) is 0 Å². The number of amides is 2. The molecule has 0 aromatic carbocycles. The van der Waals surface area contributed by atoms with Crippen LogP contribution in [0.4, 0.5) is 4.79 Å². The Kier molecular flexibility index (Phi) is 3.55. The maximum absolute atomic E-state index is 12.3. The fourth-order valence-electron chi connectivity index (χ4n) is 2.87. The fourth-order valence-corrected chi connectivity index (χ4v) is 2.87. The second-order valence-electron chi connectivity index (χ2n) is 5.77. The second kappa shape index (κ2) is 5.37. The molecule has 2 N–H and O–H groups in total. The van der Waals surface area contributed by atoms with Crippen molar-refractivity contribution in [2.24, 2.45) is 0 Å². The lowest BCUT2D eigenvalue weighted by Gasteiger charge is -2.33. The van der Waals surface area contributed by atoms with Gasteiger partial charge in [0.15, 0.2) is 0 Å². The Morgan fingerprint density at radius 1 is 1.52 bits per heavy atom. The van der Waals surface area contributed by atoms with Gasteiger partial charge in [0.2, 0.25) is 0 Å². The third kappa shape index (κ3) is 2.58. The molecular weight excluding hydrogens is 268 g/mol. The molecule has 112 valence electrons. The van der Waals surface area contributed by atoms with Crippen LogP contribution in [0.2, 0.25) is 0 Å². The van der Waals surface area contributed by atoms with Crippen LogP contribution in [0.25, 0.3) is 5.65 Å². The predicted molar refractivity (Wildman–Crippen MR) is 78.9 cm³/mol. The summed E-state index contributed by atoms with van der Waals surface area (Å²) in [6.07, 6.45) is 5.60. The molecule has 1 aliphatic heterocycles. The number of urea groups is 1. The summed E-state index contributed by atoms with van der Waals surface area (Å²) in [5.74, 6) is 0. The van der Waals surface area contributed by atoms with Crippen molar-refractivity contribution in [2.75, 3.05) is 13.2 Å². The highest BCUT2D eigenvalue weighted by Crippen LogP contribution is 2.28. The first-order valence-corrected chi connectivity index (χ1v) is 7.21. The second-order valence-corrected chi connectivity index (χ2v) is 5.77. The van der Waals surface area contributed by atoms with E-state index in [0.717, 1.165) is 24.2 Å². The smallest absolute Gasteiger partial charge is 0.318 e. The molecule has 21 heavy (non-hydrogen) atoms. The molecule has 0 spiro atoms.